The maximum Gasteiger partial charge on any atom is -0.0134 e. The Bertz CT molecular complexity index is 2100. The average molecular weight is 975 g/mol. The van der Waals surface area contributed by atoms with E-state index in [1.165, 1.54) is 47.7 Å². The van der Waals surface area contributed by atoms with Crippen LogP contribution in [0.4, 0.5) is 0 Å². The molecule has 0 fully saturated rings. The van der Waals surface area contributed by atoms with Gasteiger partial charge in [0.15, 0.2) is 0 Å². The molecule has 0 aliphatic heterocycles. The van der Waals surface area contributed by atoms with Crippen LogP contribution in [0.1, 0.15) is 0 Å². The van der Waals surface area contributed by atoms with E-state index in [4.69, 9.17) is 0 Å². The average Bonchev–Trinajstić information content (AvgIpc) is 3.37. The molecule has 0 saturated carbocycles. The van der Waals surface area contributed by atoms with E-state index < -0.39 is 34.1 Å². The molecule has 9 aromatic rings. The number of carbonyl (C=O) groups is 2. The third-order valence-electron chi connectivity index (χ3n) is 9.47. The van der Waals surface area contributed by atoms with Gasteiger partial charge in [-0.25, -0.2) is 0 Å². The summed E-state index contributed by atoms with van der Waals surface area (Å²) in [5.41, 5.74) is 0. The molecule has 0 saturated heterocycles. The van der Waals surface area contributed by atoms with Crippen molar-refractivity contribution in [3.05, 3.63) is 273 Å². The van der Waals surface area contributed by atoms with Crippen molar-refractivity contribution in [1.82, 2.24) is 0 Å². The molecular weight excluding hydrogens is 927 g/mol. The zero-order valence-corrected chi connectivity index (χ0v) is 39.8. The van der Waals surface area contributed by atoms with Crippen molar-refractivity contribution in [2.24, 2.45) is 0 Å². The van der Waals surface area contributed by atoms with Gasteiger partial charge in [-0.1, -0.05) is 273 Å². The summed E-state index contributed by atoms with van der Waals surface area (Å²) in [4.78, 5) is 19.8. The summed E-state index contributed by atoms with van der Waals surface area (Å²) in [5, 5.41) is 12.6. The van der Waals surface area contributed by atoms with E-state index in [0.717, 1.165) is 7.11 Å². The predicted octanol–water partition coefficient (Wildman–Crippen LogP) is 9.57. The first-order valence-electron chi connectivity index (χ1n) is 20.7. The van der Waals surface area contributed by atoms with Gasteiger partial charge in [0.1, 0.15) is 0 Å². The van der Waals surface area contributed by atoms with E-state index in [-0.39, 0.29) is 0 Å². The number of esters is 1. The minimum Gasteiger partial charge on any atom is -0.0622 e. The van der Waals surface area contributed by atoms with Gasteiger partial charge in [0.25, 0.3) is 0 Å². The Balaban J connectivity index is 0.000000148. The van der Waals surface area contributed by atoms with E-state index in [2.05, 4.69) is 278 Å². The Kier molecular flexibility index (Phi) is 19.8. The van der Waals surface area contributed by atoms with E-state index in [1.807, 2.05) is 0 Å². The smallest absolute Gasteiger partial charge is 0.0134 e. The third kappa shape index (κ3) is 14.5. The van der Waals surface area contributed by atoms with Gasteiger partial charge in [-0.05, 0) is 71.5 Å². The molecule has 9 aromatic carbocycles. The molecule has 7 heteroatoms. The molecule has 0 aromatic heterocycles. The fourth-order valence-electron chi connectivity index (χ4n) is 6.61. The summed E-state index contributed by atoms with van der Waals surface area (Å²) in [6.07, 6.45) is 0. The molecule has 0 aliphatic rings. The molecule has 0 radical (unpaired) electrons. The van der Waals surface area contributed by atoms with Crippen LogP contribution in [0.2, 0.25) is 0 Å². The second-order valence-corrected chi connectivity index (χ2v) is 21.2. The van der Waals surface area contributed by atoms with E-state index in [9.17, 15) is 9.59 Å². The quantitative estimate of drug-likeness (QED) is 0.0594. The van der Waals surface area contributed by atoms with Crippen LogP contribution < -0.4 is 47.7 Å². The maximum absolute atomic E-state index is 9.92. The molecule has 0 amide bonds. The number of benzene rings is 9. The van der Waals surface area contributed by atoms with Crippen LogP contribution >= 0.6 is 23.8 Å². The van der Waals surface area contributed by atoms with Crippen LogP contribution in [0.5, 0.6) is 0 Å². The molecule has 0 unspecified atom stereocenters. The molecule has 317 valence electrons. The van der Waals surface area contributed by atoms with E-state index >= 15 is 0 Å². The Morgan fingerprint density at radius 3 is 0.484 bits per heavy atom. The number of ether oxygens (including phenoxy) is 1. The number of hydrogen-bond acceptors (Lipinski definition) is 3. The van der Waals surface area contributed by atoms with Crippen LogP contribution in [0, 0.1) is 0 Å². The molecule has 64 heavy (non-hydrogen) atoms. The monoisotopic (exact) mass is 975 g/mol. The standard InChI is InChI=1S/3C18H15P.C3H3O3.Ru/c3*1-4-10-16(11-5-1)19(17-12-6-2-7-13-17)18-14-8-3-9-15-18;1-6-3(5)2-4;/h3*1-15H;1H3;. The van der Waals surface area contributed by atoms with Gasteiger partial charge >= 0.3 is 50.1 Å². The topological polar surface area (TPSA) is 43.4 Å². The summed E-state index contributed by atoms with van der Waals surface area (Å²) in [6.45, 7) is 0. The van der Waals surface area contributed by atoms with Gasteiger partial charge in [0.2, 0.25) is 0 Å². The van der Waals surface area contributed by atoms with E-state index in [0.29, 0.717) is 0 Å². The minimum absolute atomic E-state index is 0.446. The zero-order valence-electron chi connectivity index (χ0n) is 35.4. The van der Waals surface area contributed by atoms with Crippen molar-refractivity contribution in [3.63, 3.8) is 0 Å². The van der Waals surface area contributed by atoms with Crippen LogP contribution in [0.3, 0.4) is 0 Å². The second-order valence-electron chi connectivity index (χ2n) is 13.8. The molecule has 0 N–H and O–H groups in total. The Labute approximate surface area is 392 Å². The molecule has 0 bridgehead atoms. The number of methoxy groups -OCH3 is 1. The van der Waals surface area contributed by atoms with Crippen LogP contribution in [0.15, 0.2) is 273 Å². The summed E-state index contributed by atoms with van der Waals surface area (Å²) in [6, 6.07) is 97.0. The molecule has 0 spiro atoms. The van der Waals surface area contributed by atoms with Crippen molar-refractivity contribution >= 4 is 81.9 Å². The SMILES string of the molecule is COC(=O)[C](=O)[Ru].c1ccc(P(c2ccccc2)c2ccccc2)cc1.c1ccc(P(c2ccccc2)c2ccccc2)cc1.c1ccc(P(c2ccccc2)c2ccccc2)cc1. The number of carbonyl (C=O) groups excluding carboxylic acids is 2. The first-order chi connectivity index (χ1) is 31.5. The molecule has 0 heterocycles. The normalized spacial score (nSPS) is 10.3. The molecule has 0 aliphatic carbocycles. The van der Waals surface area contributed by atoms with Gasteiger partial charge in [0, 0.05) is 0 Å². The van der Waals surface area contributed by atoms with Gasteiger partial charge in [0.05, 0.1) is 0 Å². The summed E-state index contributed by atoms with van der Waals surface area (Å²) in [7, 11) is -0.179. The fraction of sp³-hybridized carbons (Fsp3) is 0.0175. The largest absolute Gasteiger partial charge is 0.0622 e. The maximum atomic E-state index is 9.92. The molecule has 3 nitrogen and oxygen atoms in total. The van der Waals surface area contributed by atoms with Crippen LogP contribution in [-0.4, -0.2) is 17.5 Å². The summed E-state index contributed by atoms with van der Waals surface area (Å²) < 4.78 is 3.37. The Morgan fingerprint density at radius 2 is 0.406 bits per heavy atom. The molecule has 0 atom stereocenters. The van der Waals surface area contributed by atoms with E-state index in [1.54, 1.807) is 18.3 Å². The van der Waals surface area contributed by atoms with Crippen LogP contribution in [0.25, 0.3) is 0 Å². The zero-order chi connectivity index (χ0) is 44.6. The minimum atomic E-state index is -0.823. The van der Waals surface area contributed by atoms with Gasteiger partial charge < -0.3 is 0 Å². The Morgan fingerprint density at radius 1 is 0.281 bits per heavy atom. The fourth-order valence-corrected chi connectivity index (χ4v) is 13.7. The predicted molar refractivity (Wildman–Crippen MR) is 272 cm³/mol. The summed E-state index contributed by atoms with van der Waals surface area (Å²) >= 11 is 1.62. The summed E-state index contributed by atoms with van der Waals surface area (Å²) in [5.74, 6) is -0.823. The second kappa shape index (κ2) is 26.6. The number of hydrogen-bond donors (Lipinski definition) is 0. The molecular formula is C57H48O3P3Ru. The van der Waals surface area contributed by atoms with Crippen molar-refractivity contribution in [1.29, 1.82) is 0 Å². The number of rotatable bonds is 10. The van der Waals surface area contributed by atoms with Crippen molar-refractivity contribution in [2.45, 2.75) is 0 Å². The van der Waals surface area contributed by atoms with Crippen molar-refractivity contribution in [3.8, 4) is 0 Å². The van der Waals surface area contributed by atoms with Crippen molar-refractivity contribution in [2.75, 3.05) is 7.11 Å². The first-order valence-corrected chi connectivity index (χ1v) is 25.5. The van der Waals surface area contributed by atoms with Gasteiger partial charge in [-0.15, -0.1) is 0 Å². The van der Waals surface area contributed by atoms with Crippen molar-refractivity contribution < 1.29 is 32.6 Å². The Hall–Kier alpha value is -5.97. The van der Waals surface area contributed by atoms with Gasteiger partial charge in [-0.3, -0.25) is 0 Å². The molecule has 9 rings (SSSR count). The third-order valence-corrected chi connectivity index (χ3v) is 17.2. The van der Waals surface area contributed by atoms with Crippen LogP contribution in [-0.2, 0) is 32.6 Å². The first kappa shape index (κ1) is 47.5. The van der Waals surface area contributed by atoms with Gasteiger partial charge in [-0.2, -0.15) is 0 Å².